The molecule has 24 heavy (non-hydrogen) atoms. The molecule has 1 saturated heterocycles. The predicted molar refractivity (Wildman–Crippen MR) is 99.7 cm³/mol. The van der Waals surface area contributed by atoms with Crippen molar-refractivity contribution in [3.05, 3.63) is 30.3 Å². The number of morpholine rings is 1. The van der Waals surface area contributed by atoms with Gasteiger partial charge in [-0.3, -0.25) is 4.90 Å². The van der Waals surface area contributed by atoms with Gasteiger partial charge in [-0.05, 0) is 38.2 Å². The fraction of sp³-hybridized carbons (Fsp3) is 0.611. The van der Waals surface area contributed by atoms with E-state index in [4.69, 9.17) is 4.74 Å². The summed E-state index contributed by atoms with van der Waals surface area (Å²) in [6, 6.07) is 10.3. The Morgan fingerprint density at radius 2 is 1.92 bits per heavy atom. The fourth-order valence-corrected chi connectivity index (χ4v) is 3.49. The van der Waals surface area contributed by atoms with Crippen molar-refractivity contribution in [3.63, 3.8) is 0 Å². The summed E-state index contributed by atoms with van der Waals surface area (Å²) in [5.41, 5.74) is -0.0513. The summed E-state index contributed by atoms with van der Waals surface area (Å²) in [6.45, 7) is 9.05. The van der Waals surface area contributed by atoms with Crippen molar-refractivity contribution >= 4 is 17.8 Å². The Morgan fingerprint density at radius 1 is 1.21 bits per heavy atom. The SMILES string of the molecule is CC(C)(CNC(=O)NCCCSc1ccccc1)N1CCOCC1. The second-order valence-corrected chi connectivity index (χ2v) is 7.70. The van der Waals surface area contributed by atoms with Crippen LogP contribution in [-0.4, -0.2) is 61.6 Å². The molecule has 0 saturated carbocycles. The van der Waals surface area contributed by atoms with Gasteiger partial charge in [0.25, 0.3) is 0 Å². The van der Waals surface area contributed by atoms with E-state index in [2.05, 4.69) is 41.5 Å². The molecule has 2 N–H and O–H groups in total. The molecule has 2 amide bonds. The lowest BCUT2D eigenvalue weighted by Crippen LogP contribution is -2.56. The highest BCUT2D eigenvalue weighted by Gasteiger charge is 2.28. The van der Waals surface area contributed by atoms with Crippen molar-refractivity contribution in [2.24, 2.45) is 0 Å². The van der Waals surface area contributed by atoms with Crippen LogP contribution in [0.4, 0.5) is 4.79 Å². The largest absolute Gasteiger partial charge is 0.379 e. The van der Waals surface area contributed by atoms with Gasteiger partial charge in [0.1, 0.15) is 0 Å². The zero-order valence-corrected chi connectivity index (χ0v) is 15.5. The summed E-state index contributed by atoms with van der Waals surface area (Å²) in [7, 11) is 0. The van der Waals surface area contributed by atoms with Crippen LogP contribution in [0.5, 0.6) is 0 Å². The number of hydrogen-bond acceptors (Lipinski definition) is 4. The molecule has 6 heteroatoms. The van der Waals surface area contributed by atoms with Crippen LogP contribution >= 0.6 is 11.8 Å². The molecule has 0 bridgehead atoms. The molecule has 1 aromatic carbocycles. The third kappa shape index (κ3) is 6.71. The molecule has 0 spiro atoms. The highest BCUT2D eigenvalue weighted by atomic mass is 32.2. The van der Waals surface area contributed by atoms with Crippen LogP contribution in [0.2, 0.25) is 0 Å². The van der Waals surface area contributed by atoms with Gasteiger partial charge in [-0.15, -0.1) is 11.8 Å². The third-order valence-electron chi connectivity index (χ3n) is 4.17. The maximum absolute atomic E-state index is 11.9. The minimum absolute atomic E-state index is 0.0513. The topological polar surface area (TPSA) is 53.6 Å². The second kappa shape index (κ2) is 9.91. The zero-order chi connectivity index (χ0) is 17.3. The normalized spacial score (nSPS) is 15.9. The van der Waals surface area contributed by atoms with Crippen LogP contribution < -0.4 is 10.6 Å². The molecule has 0 radical (unpaired) electrons. The monoisotopic (exact) mass is 351 g/mol. The van der Waals surface area contributed by atoms with Gasteiger partial charge in [0.15, 0.2) is 0 Å². The highest BCUT2D eigenvalue weighted by molar-refractivity contribution is 7.99. The molecule has 1 fully saturated rings. The number of benzene rings is 1. The Kier molecular flexibility index (Phi) is 7.88. The average Bonchev–Trinajstić information content (AvgIpc) is 2.61. The molecule has 0 aromatic heterocycles. The van der Waals surface area contributed by atoms with E-state index >= 15 is 0 Å². The smallest absolute Gasteiger partial charge is 0.314 e. The summed E-state index contributed by atoms with van der Waals surface area (Å²) in [6.07, 6.45) is 0.958. The van der Waals surface area contributed by atoms with Gasteiger partial charge in [-0.25, -0.2) is 4.79 Å². The van der Waals surface area contributed by atoms with Crippen molar-refractivity contribution in [3.8, 4) is 0 Å². The van der Waals surface area contributed by atoms with E-state index in [-0.39, 0.29) is 11.6 Å². The van der Waals surface area contributed by atoms with Gasteiger partial charge in [-0.1, -0.05) is 18.2 Å². The second-order valence-electron chi connectivity index (χ2n) is 6.54. The van der Waals surface area contributed by atoms with Gasteiger partial charge >= 0.3 is 6.03 Å². The van der Waals surface area contributed by atoms with E-state index in [9.17, 15) is 4.79 Å². The lowest BCUT2D eigenvalue weighted by atomic mass is 10.0. The number of thioether (sulfide) groups is 1. The van der Waals surface area contributed by atoms with Crippen LogP contribution in [0, 0.1) is 0 Å². The van der Waals surface area contributed by atoms with Crippen molar-refractivity contribution in [2.75, 3.05) is 45.1 Å². The predicted octanol–water partition coefficient (Wildman–Crippen LogP) is 2.58. The Bertz CT molecular complexity index is 490. The van der Waals surface area contributed by atoms with E-state index in [1.165, 1.54) is 4.90 Å². The molecule has 5 nitrogen and oxygen atoms in total. The molecule has 0 unspecified atom stereocenters. The summed E-state index contributed by atoms with van der Waals surface area (Å²) in [5, 5.41) is 5.93. The molecular formula is C18H29N3O2S. The first-order valence-corrected chi connectivity index (χ1v) is 9.59. The molecule has 134 valence electrons. The highest BCUT2D eigenvalue weighted by Crippen LogP contribution is 2.17. The van der Waals surface area contributed by atoms with E-state index in [0.29, 0.717) is 13.1 Å². The van der Waals surface area contributed by atoms with Gasteiger partial charge in [0.05, 0.1) is 13.2 Å². The Balaban J connectivity index is 1.56. The third-order valence-corrected chi connectivity index (χ3v) is 5.27. The van der Waals surface area contributed by atoms with Crippen LogP contribution in [0.3, 0.4) is 0 Å². The lowest BCUT2D eigenvalue weighted by molar-refractivity contribution is -0.00874. The number of nitrogens with one attached hydrogen (secondary N) is 2. The van der Waals surface area contributed by atoms with Crippen molar-refractivity contribution in [2.45, 2.75) is 30.7 Å². The molecule has 1 aliphatic heterocycles. The zero-order valence-electron chi connectivity index (χ0n) is 14.7. The van der Waals surface area contributed by atoms with Gasteiger partial charge in [0.2, 0.25) is 0 Å². The first-order valence-electron chi connectivity index (χ1n) is 8.60. The molecule has 2 rings (SSSR count). The van der Waals surface area contributed by atoms with Crippen LogP contribution in [-0.2, 0) is 4.74 Å². The van der Waals surface area contributed by atoms with Gasteiger partial charge < -0.3 is 15.4 Å². The molecule has 1 aromatic rings. The van der Waals surface area contributed by atoms with Crippen molar-refractivity contribution in [1.82, 2.24) is 15.5 Å². The minimum Gasteiger partial charge on any atom is -0.379 e. The number of hydrogen-bond donors (Lipinski definition) is 2. The average molecular weight is 352 g/mol. The summed E-state index contributed by atoms with van der Waals surface area (Å²) >= 11 is 1.82. The Labute approximate surface area is 149 Å². The lowest BCUT2D eigenvalue weighted by Gasteiger charge is -2.40. The van der Waals surface area contributed by atoms with E-state index < -0.39 is 0 Å². The summed E-state index contributed by atoms with van der Waals surface area (Å²) in [4.78, 5) is 15.6. The number of nitrogens with zero attached hydrogens (tertiary/aromatic N) is 1. The standard InChI is InChI=1S/C18H29N3O2S/c1-18(2,21-10-12-23-13-11-21)15-20-17(22)19-9-6-14-24-16-7-4-3-5-8-16/h3-5,7-8H,6,9-15H2,1-2H3,(H2,19,20,22). The fourth-order valence-electron chi connectivity index (χ4n) is 2.62. The van der Waals surface area contributed by atoms with Crippen LogP contribution in [0.1, 0.15) is 20.3 Å². The van der Waals surface area contributed by atoms with Crippen LogP contribution in [0.15, 0.2) is 35.2 Å². The summed E-state index contributed by atoms with van der Waals surface area (Å²) < 4.78 is 5.39. The maximum Gasteiger partial charge on any atom is 0.314 e. The van der Waals surface area contributed by atoms with Crippen molar-refractivity contribution < 1.29 is 9.53 Å². The maximum atomic E-state index is 11.9. The number of amides is 2. The molecule has 0 atom stereocenters. The Hall–Kier alpha value is -1.24. The van der Waals surface area contributed by atoms with E-state index in [0.717, 1.165) is 38.5 Å². The molecule has 1 aliphatic rings. The minimum atomic E-state index is -0.0824. The Morgan fingerprint density at radius 3 is 2.62 bits per heavy atom. The summed E-state index contributed by atoms with van der Waals surface area (Å²) in [5.74, 6) is 1.00. The van der Waals surface area contributed by atoms with E-state index in [1.54, 1.807) is 0 Å². The number of urea groups is 1. The molecule has 1 heterocycles. The first kappa shape index (κ1) is 19.1. The quantitative estimate of drug-likeness (QED) is 0.558. The van der Waals surface area contributed by atoms with Gasteiger partial charge in [-0.2, -0.15) is 0 Å². The van der Waals surface area contributed by atoms with E-state index in [1.807, 2.05) is 30.0 Å². The number of carbonyl (C=O) groups excluding carboxylic acids is 1. The number of carbonyl (C=O) groups is 1. The van der Waals surface area contributed by atoms with Gasteiger partial charge in [0, 0.05) is 36.6 Å². The van der Waals surface area contributed by atoms with Crippen LogP contribution in [0.25, 0.3) is 0 Å². The number of rotatable bonds is 8. The number of ether oxygens (including phenoxy) is 1. The van der Waals surface area contributed by atoms with Crippen molar-refractivity contribution in [1.29, 1.82) is 0 Å². The molecule has 0 aliphatic carbocycles. The first-order chi connectivity index (χ1) is 11.6. The molecular weight excluding hydrogens is 322 g/mol.